The second kappa shape index (κ2) is 10.9. The maximum absolute atomic E-state index is 14.5. The first-order chi connectivity index (χ1) is 15.0. The van der Waals surface area contributed by atoms with Crippen LogP contribution in [0.4, 0.5) is 15.9 Å². The van der Waals surface area contributed by atoms with Crippen molar-refractivity contribution in [2.45, 2.75) is 19.4 Å². The number of nitrogens with one attached hydrogen (secondary N) is 1. The number of ether oxygens (including phenoxy) is 1. The Morgan fingerprint density at radius 3 is 2.72 bits per heavy atom. The topological polar surface area (TPSA) is 94.1 Å². The third kappa shape index (κ3) is 5.47. The molecule has 3 heterocycles. The standard InChI is InChI=1S/C21H25ClFN7O.ClH/c1-2-14(24)13-25-19-11-16-18(28-30(22)20(16)12-17(19)23)5-3-15-4-6-21(27-26-15)29-7-9-31-10-8-29;/h3-6,11-12,14,25H,2,7-10,13,24H2,1H3;1H/b5-3+;/t14-;/m0./s1. The lowest BCUT2D eigenvalue weighted by Gasteiger charge is -2.27. The molecule has 172 valence electrons. The van der Waals surface area contributed by atoms with Gasteiger partial charge in [-0.25, -0.2) is 4.39 Å². The number of fused-ring (bicyclic) bond motifs is 1. The number of nitrogens with two attached hydrogens (primary N) is 1. The maximum atomic E-state index is 14.5. The largest absolute Gasteiger partial charge is 0.381 e. The summed E-state index contributed by atoms with van der Waals surface area (Å²) in [5, 5.41) is 16.7. The third-order valence-corrected chi connectivity index (χ3v) is 5.51. The number of hydrogen-bond acceptors (Lipinski definition) is 7. The van der Waals surface area contributed by atoms with Gasteiger partial charge in [0.05, 0.1) is 35.8 Å². The van der Waals surface area contributed by atoms with E-state index in [0.717, 1.165) is 34.9 Å². The monoisotopic (exact) mass is 481 g/mol. The number of aromatic nitrogens is 4. The number of rotatable bonds is 7. The molecule has 1 aromatic carbocycles. The molecule has 0 saturated carbocycles. The minimum absolute atomic E-state index is 0. The predicted molar refractivity (Wildman–Crippen MR) is 129 cm³/mol. The number of halogens is 3. The SMILES string of the molecule is CC[C@H](N)CNc1cc2c(/C=C/c3ccc(N4CCOCC4)nn3)nn(Cl)c2cc1F.Cl. The second-order valence-electron chi connectivity index (χ2n) is 7.39. The van der Waals surface area contributed by atoms with Crippen molar-refractivity contribution in [3.63, 3.8) is 0 Å². The molecule has 32 heavy (non-hydrogen) atoms. The fraction of sp³-hybridized carbons (Fsp3) is 0.381. The molecule has 0 aliphatic carbocycles. The van der Waals surface area contributed by atoms with E-state index in [9.17, 15) is 4.39 Å². The van der Waals surface area contributed by atoms with E-state index in [1.54, 1.807) is 18.2 Å². The first-order valence-corrected chi connectivity index (χ1v) is 10.6. The molecule has 11 heteroatoms. The van der Waals surface area contributed by atoms with E-state index >= 15 is 0 Å². The van der Waals surface area contributed by atoms with Gasteiger partial charge in [0.2, 0.25) is 0 Å². The van der Waals surface area contributed by atoms with Crippen LogP contribution in [0.2, 0.25) is 0 Å². The van der Waals surface area contributed by atoms with Crippen LogP contribution >= 0.6 is 24.2 Å². The van der Waals surface area contributed by atoms with E-state index in [1.807, 2.05) is 19.1 Å². The van der Waals surface area contributed by atoms with Crippen molar-refractivity contribution in [2.75, 3.05) is 43.1 Å². The molecule has 1 saturated heterocycles. The fourth-order valence-corrected chi connectivity index (χ4v) is 3.54. The molecular weight excluding hydrogens is 456 g/mol. The van der Waals surface area contributed by atoms with Gasteiger partial charge in [0.25, 0.3) is 0 Å². The third-order valence-electron chi connectivity index (χ3n) is 5.25. The Morgan fingerprint density at radius 1 is 1.25 bits per heavy atom. The number of benzene rings is 1. The van der Waals surface area contributed by atoms with Gasteiger partial charge in [-0.1, -0.05) is 6.92 Å². The van der Waals surface area contributed by atoms with Crippen LogP contribution in [-0.4, -0.2) is 58.4 Å². The van der Waals surface area contributed by atoms with E-state index in [4.69, 9.17) is 22.2 Å². The molecule has 8 nitrogen and oxygen atoms in total. The van der Waals surface area contributed by atoms with Crippen molar-refractivity contribution < 1.29 is 9.13 Å². The van der Waals surface area contributed by atoms with E-state index < -0.39 is 5.82 Å². The van der Waals surface area contributed by atoms with Gasteiger partial charge in [-0.2, -0.15) is 9.30 Å². The van der Waals surface area contributed by atoms with Crippen molar-refractivity contribution in [2.24, 2.45) is 5.73 Å². The average molecular weight is 482 g/mol. The highest BCUT2D eigenvalue weighted by atomic mass is 35.5. The zero-order chi connectivity index (χ0) is 21.8. The first kappa shape index (κ1) is 24.2. The Balaban J connectivity index is 0.00000289. The molecular formula is C21H26Cl2FN7O. The summed E-state index contributed by atoms with van der Waals surface area (Å²) in [6, 6.07) is 6.84. The van der Waals surface area contributed by atoms with E-state index in [1.165, 1.54) is 6.07 Å². The van der Waals surface area contributed by atoms with Gasteiger partial charge in [-0.15, -0.1) is 22.6 Å². The van der Waals surface area contributed by atoms with Crippen LogP contribution in [-0.2, 0) is 4.74 Å². The Labute approximate surface area is 197 Å². The summed E-state index contributed by atoms with van der Waals surface area (Å²) < 4.78 is 21.0. The average Bonchev–Trinajstić information content (AvgIpc) is 3.11. The molecule has 0 amide bonds. The van der Waals surface area contributed by atoms with Crippen molar-refractivity contribution in [3.8, 4) is 0 Å². The van der Waals surface area contributed by atoms with Crippen LogP contribution in [0.3, 0.4) is 0 Å². The zero-order valence-corrected chi connectivity index (χ0v) is 19.2. The minimum atomic E-state index is -0.405. The van der Waals surface area contributed by atoms with Crippen LogP contribution in [0.1, 0.15) is 24.7 Å². The van der Waals surface area contributed by atoms with E-state index in [2.05, 4.69) is 25.5 Å². The Bertz CT molecular complexity index is 1070. The van der Waals surface area contributed by atoms with Crippen molar-refractivity contribution in [1.82, 2.24) is 19.5 Å². The normalized spacial score (nSPS) is 15.2. The molecule has 0 bridgehead atoms. The van der Waals surface area contributed by atoms with Gasteiger partial charge in [0.1, 0.15) is 5.82 Å². The van der Waals surface area contributed by atoms with E-state index in [0.29, 0.717) is 42.4 Å². The quantitative estimate of drug-likeness (QED) is 0.532. The summed E-state index contributed by atoms with van der Waals surface area (Å²) in [6.07, 6.45) is 4.40. The Hall–Kier alpha value is -2.46. The number of nitrogens with zero attached hydrogens (tertiary/aromatic N) is 5. The second-order valence-corrected chi connectivity index (χ2v) is 7.71. The Kier molecular flexibility index (Phi) is 8.25. The lowest BCUT2D eigenvalue weighted by atomic mass is 10.1. The van der Waals surface area contributed by atoms with Gasteiger partial charge in [0.15, 0.2) is 5.82 Å². The molecule has 0 unspecified atom stereocenters. The summed E-state index contributed by atoms with van der Waals surface area (Å²) in [6.45, 7) is 5.46. The maximum Gasteiger partial charge on any atom is 0.151 e. The van der Waals surface area contributed by atoms with Gasteiger partial charge in [-0.05, 0) is 36.8 Å². The van der Waals surface area contributed by atoms with Crippen molar-refractivity contribution in [3.05, 3.63) is 41.5 Å². The van der Waals surface area contributed by atoms with Gasteiger partial charge < -0.3 is 20.7 Å². The molecule has 3 aromatic rings. The molecule has 3 N–H and O–H groups in total. The van der Waals surface area contributed by atoms with Crippen molar-refractivity contribution >= 4 is 58.7 Å². The van der Waals surface area contributed by atoms with Gasteiger partial charge >= 0.3 is 0 Å². The molecule has 1 aliphatic rings. The van der Waals surface area contributed by atoms with Crippen LogP contribution in [0.5, 0.6) is 0 Å². The summed E-state index contributed by atoms with van der Waals surface area (Å²) in [4.78, 5) is 2.14. The molecule has 0 radical (unpaired) electrons. The van der Waals surface area contributed by atoms with E-state index in [-0.39, 0.29) is 18.4 Å². The lowest BCUT2D eigenvalue weighted by molar-refractivity contribution is 0.122. The summed E-state index contributed by atoms with van der Waals surface area (Å²) in [5.74, 6) is 0.421. The summed E-state index contributed by atoms with van der Waals surface area (Å²) >= 11 is 6.16. The number of anilines is 2. The molecule has 1 atom stereocenters. The van der Waals surface area contributed by atoms with Gasteiger partial charge in [0, 0.05) is 48.9 Å². The highest BCUT2D eigenvalue weighted by Gasteiger charge is 2.14. The Morgan fingerprint density at radius 2 is 2.03 bits per heavy atom. The minimum Gasteiger partial charge on any atom is -0.381 e. The van der Waals surface area contributed by atoms with Crippen LogP contribution in [0.25, 0.3) is 23.1 Å². The van der Waals surface area contributed by atoms with Crippen LogP contribution in [0, 0.1) is 5.82 Å². The lowest BCUT2D eigenvalue weighted by Crippen LogP contribution is -2.36. The molecule has 2 aromatic heterocycles. The molecule has 1 aliphatic heterocycles. The summed E-state index contributed by atoms with van der Waals surface area (Å²) in [5.41, 5.74) is 8.07. The number of morpholine rings is 1. The fourth-order valence-electron chi connectivity index (χ4n) is 3.32. The van der Waals surface area contributed by atoms with Gasteiger partial charge in [-0.3, -0.25) is 0 Å². The number of hydrogen-bond donors (Lipinski definition) is 2. The molecule has 0 spiro atoms. The molecule has 4 rings (SSSR count). The molecule has 1 fully saturated rings. The summed E-state index contributed by atoms with van der Waals surface area (Å²) in [7, 11) is 0. The first-order valence-electron chi connectivity index (χ1n) is 10.3. The van der Waals surface area contributed by atoms with Crippen LogP contribution < -0.4 is 16.0 Å². The van der Waals surface area contributed by atoms with Crippen molar-refractivity contribution in [1.29, 1.82) is 0 Å². The zero-order valence-electron chi connectivity index (χ0n) is 17.7. The highest BCUT2D eigenvalue weighted by Crippen LogP contribution is 2.27. The highest BCUT2D eigenvalue weighted by molar-refractivity contribution is 6.19. The van der Waals surface area contributed by atoms with Crippen LogP contribution in [0.15, 0.2) is 24.3 Å². The predicted octanol–water partition coefficient (Wildman–Crippen LogP) is 3.55. The smallest absolute Gasteiger partial charge is 0.151 e.